The van der Waals surface area contributed by atoms with Gasteiger partial charge in [0, 0.05) is 24.0 Å². The summed E-state index contributed by atoms with van der Waals surface area (Å²) >= 11 is 0. The van der Waals surface area contributed by atoms with Crippen LogP contribution in [0.1, 0.15) is 37.0 Å². The smallest absolute Gasteiger partial charge is 0.304 e. The van der Waals surface area contributed by atoms with Gasteiger partial charge in [0.2, 0.25) is 0 Å². The number of carbonyl (C=O) groups is 1. The average Bonchev–Trinajstić information content (AvgIpc) is 2.61. The van der Waals surface area contributed by atoms with Crippen molar-refractivity contribution in [2.75, 3.05) is 0 Å². The number of hydrogen-bond donors (Lipinski definition) is 1. The molecule has 3 nitrogen and oxygen atoms in total. The molecule has 0 atom stereocenters. The first-order valence-electron chi connectivity index (χ1n) is 6.51. The molecular weight excluding hydrogens is 238 g/mol. The fraction of sp³-hybridized carbons (Fsp3) is 0.438. The summed E-state index contributed by atoms with van der Waals surface area (Å²) < 4.78 is 2.11. The number of fused-ring (bicyclic) bond motifs is 1. The van der Waals surface area contributed by atoms with E-state index in [2.05, 4.69) is 36.7 Å². The lowest BCUT2D eigenvalue weighted by Gasteiger charge is -2.22. The Labute approximate surface area is 113 Å². The highest BCUT2D eigenvalue weighted by Gasteiger charge is 2.28. The third kappa shape index (κ3) is 2.25. The minimum Gasteiger partial charge on any atom is -0.481 e. The number of hydrogen-bond acceptors (Lipinski definition) is 1. The van der Waals surface area contributed by atoms with E-state index in [0.717, 1.165) is 10.9 Å². The van der Waals surface area contributed by atoms with Gasteiger partial charge in [-0.05, 0) is 30.5 Å². The third-order valence-corrected chi connectivity index (χ3v) is 3.99. The standard InChI is InChI=1S/C16H21NO2/c1-10-6-7-12-13(16(3,4)8-14(18)19)9-17(5)15(12)11(10)2/h6-7,9H,8H2,1-5H3,(H,18,19). The van der Waals surface area contributed by atoms with Crippen molar-refractivity contribution in [3.8, 4) is 0 Å². The zero-order valence-corrected chi connectivity index (χ0v) is 12.2. The highest BCUT2D eigenvalue weighted by atomic mass is 16.4. The van der Waals surface area contributed by atoms with E-state index in [9.17, 15) is 4.79 Å². The van der Waals surface area contributed by atoms with Gasteiger partial charge in [0.05, 0.1) is 11.9 Å². The number of carboxylic acids is 1. The number of carboxylic acid groups (broad SMARTS) is 1. The molecule has 0 amide bonds. The van der Waals surface area contributed by atoms with Crippen LogP contribution in [-0.2, 0) is 17.3 Å². The van der Waals surface area contributed by atoms with Crippen LogP contribution in [0.5, 0.6) is 0 Å². The highest BCUT2D eigenvalue weighted by Crippen LogP contribution is 2.35. The Hall–Kier alpha value is -1.77. The van der Waals surface area contributed by atoms with Gasteiger partial charge >= 0.3 is 5.97 Å². The molecule has 0 unspecified atom stereocenters. The molecule has 1 aromatic carbocycles. The molecule has 0 bridgehead atoms. The molecule has 0 spiro atoms. The van der Waals surface area contributed by atoms with E-state index in [1.54, 1.807) is 0 Å². The van der Waals surface area contributed by atoms with Crippen molar-refractivity contribution in [2.45, 2.75) is 39.5 Å². The van der Waals surface area contributed by atoms with E-state index in [0.29, 0.717) is 0 Å². The van der Waals surface area contributed by atoms with E-state index in [4.69, 9.17) is 5.11 Å². The molecule has 0 radical (unpaired) electrons. The lowest BCUT2D eigenvalue weighted by molar-refractivity contribution is -0.138. The first-order chi connectivity index (χ1) is 8.74. The first kappa shape index (κ1) is 13.7. The quantitative estimate of drug-likeness (QED) is 0.916. The maximum absolute atomic E-state index is 11.0. The minimum atomic E-state index is -0.758. The first-order valence-corrected chi connectivity index (χ1v) is 6.51. The van der Waals surface area contributed by atoms with Crippen LogP contribution >= 0.6 is 0 Å². The summed E-state index contributed by atoms with van der Waals surface area (Å²) in [4.78, 5) is 11.0. The van der Waals surface area contributed by atoms with Crippen LogP contribution in [0, 0.1) is 13.8 Å². The molecule has 1 heterocycles. The predicted molar refractivity (Wildman–Crippen MR) is 77.7 cm³/mol. The van der Waals surface area contributed by atoms with Crippen molar-refractivity contribution < 1.29 is 9.90 Å². The van der Waals surface area contributed by atoms with Crippen LogP contribution in [0.15, 0.2) is 18.3 Å². The van der Waals surface area contributed by atoms with Gasteiger partial charge in [-0.3, -0.25) is 4.79 Å². The van der Waals surface area contributed by atoms with Crippen LogP contribution < -0.4 is 0 Å². The zero-order chi connectivity index (χ0) is 14.4. The average molecular weight is 259 g/mol. The molecule has 2 rings (SSSR count). The monoisotopic (exact) mass is 259 g/mol. The largest absolute Gasteiger partial charge is 0.481 e. The normalized spacial score (nSPS) is 12.1. The molecule has 0 saturated carbocycles. The summed E-state index contributed by atoms with van der Waals surface area (Å²) in [6.45, 7) is 8.20. The van der Waals surface area contributed by atoms with E-state index in [-0.39, 0.29) is 11.8 Å². The molecule has 0 aliphatic rings. The predicted octanol–water partition coefficient (Wildman–Crippen LogP) is 3.55. The Balaban J connectivity index is 2.70. The van der Waals surface area contributed by atoms with Crippen LogP contribution in [0.25, 0.3) is 10.9 Å². The number of benzene rings is 1. The number of aryl methyl sites for hydroxylation is 3. The van der Waals surface area contributed by atoms with Gasteiger partial charge in [-0.15, -0.1) is 0 Å². The van der Waals surface area contributed by atoms with Crippen LogP contribution in [0.4, 0.5) is 0 Å². The number of nitrogens with zero attached hydrogens (tertiary/aromatic N) is 1. The minimum absolute atomic E-state index is 0.138. The number of aliphatic carboxylic acids is 1. The van der Waals surface area contributed by atoms with Crippen molar-refractivity contribution in [2.24, 2.45) is 7.05 Å². The summed E-state index contributed by atoms with van der Waals surface area (Å²) in [5, 5.41) is 10.2. The molecule has 102 valence electrons. The second-order valence-electron chi connectivity index (χ2n) is 6.01. The van der Waals surface area contributed by atoms with E-state index in [1.807, 2.05) is 20.9 Å². The lowest BCUT2D eigenvalue weighted by atomic mass is 9.81. The molecular formula is C16H21NO2. The summed E-state index contributed by atoms with van der Waals surface area (Å²) in [5.74, 6) is -0.758. The Morgan fingerprint density at radius 2 is 1.95 bits per heavy atom. The Bertz CT molecular complexity index is 650. The Morgan fingerprint density at radius 1 is 1.32 bits per heavy atom. The SMILES string of the molecule is Cc1ccc2c(C(C)(C)CC(=O)O)cn(C)c2c1C. The van der Waals surface area contributed by atoms with Crippen molar-refractivity contribution in [1.82, 2.24) is 4.57 Å². The molecule has 19 heavy (non-hydrogen) atoms. The lowest BCUT2D eigenvalue weighted by Crippen LogP contribution is -2.21. The molecule has 1 aromatic heterocycles. The van der Waals surface area contributed by atoms with Crippen LogP contribution in [0.2, 0.25) is 0 Å². The number of rotatable bonds is 3. The molecule has 1 N–H and O–H groups in total. The van der Waals surface area contributed by atoms with Crippen molar-refractivity contribution >= 4 is 16.9 Å². The molecule has 3 heteroatoms. The van der Waals surface area contributed by atoms with Gasteiger partial charge in [0.25, 0.3) is 0 Å². The summed E-state index contributed by atoms with van der Waals surface area (Å²) in [5.41, 5.74) is 4.46. The molecule has 0 aliphatic heterocycles. The third-order valence-electron chi connectivity index (χ3n) is 3.99. The van der Waals surface area contributed by atoms with Crippen LogP contribution in [0.3, 0.4) is 0 Å². The van der Waals surface area contributed by atoms with Gasteiger partial charge in [-0.1, -0.05) is 26.0 Å². The summed E-state index contributed by atoms with van der Waals surface area (Å²) in [6.07, 6.45) is 2.21. The molecule has 0 saturated heterocycles. The molecule has 2 aromatic rings. The fourth-order valence-electron chi connectivity index (χ4n) is 2.81. The van der Waals surface area contributed by atoms with Gasteiger partial charge in [-0.2, -0.15) is 0 Å². The maximum Gasteiger partial charge on any atom is 0.304 e. The van der Waals surface area contributed by atoms with Gasteiger partial charge in [0.1, 0.15) is 0 Å². The van der Waals surface area contributed by atoms with E-state index < -0.39 is 5.97 Å². The van der Waals surface area contributed by atoms with Crippen molar-refractivity contribution in [1.29, 1.82) is 0 Å². The zero-order valence-electron chi connectivity index (χ0n) is 12.2. The van der Waals surface area contributed by atoms with E-state index in [1.165, 1.54) is 16.6 Å². The topological polar surface area (TPSA) is 42.2 Å². The summed E-state index contributed by atoms with van der Waals surface area (Å²) in [7, 11) is 2.02. The Kier molecular flexibility index (Phi) is 3.17. The second-order valence-corrected chi connectivity index (χ2v) is 6.01. The maximum atomic E-state index is 11.0. The molecule has 0 fully saturated rings. The van der Waals surface area contributed by atoms with Gasteiger partial charge in [0.15, 0.2) is 0 Å². The summed E-state index contributed by atoms with van der Waals surface area (Å²) in [6, 6.07) is 4.22. The highest BCUT2D eigenvalue weighted by molar-refractivity contribution is 5.89. The van der Waals surface area contributed by atoms with Gasteiger partial charge in [-0.25, -0.2) is 0 Å². The van der Waals surface area contributed by atoms with Crippen molar-refractivity contribution in [3.05, 3.63) is 35.0 Å². The van der Waals surface area contributed by atoms with Crippen molar-refractivity contribution in [3.63, 3.8) is 0 Å². The fourth-order valence-corrected chi connectivity index (χ4v) is 2.81. The number of aromatic nitrogens is 1. The van der Waals surface area contributed by atoms with Gasteiger partial charge < -0.3 is 9.67 Å². The second kappa shape index (κ2) is 4.41. The van der Waals surface area contributed by atoms with E-state index >= 15 is 0 Å². The van der Waals surface area contributed by atoms with Crippen LogP contribution in [-0.4, -0.2) is 15.6 Å². The molecule has 0 aliphatic carbocycles. The Morgan fingerprint density at radius 3 is 2.53 bits per heavy atom.